The molecule has 1 aromatic heterocycles. The Morgan fingerprint density at radius 3 is 2.70 bits per heavy atom. The second-order valence-corrected chi connectivity index (χ2v) is 4.17. The minimum atomic E-state index is -0.952. The van der Waals surface area contributed by atoms with Crippen molar-refractivity contribution >= 4 is 11.9 Å². The van der Waals surface area contributed by atoms with Crippen LogP contribution in [0, 0.1) is 0 Å². The number of para-hydroxylation sites is 1. The Balaban J connectivity index is 2.00. The number of ether oxygens (including phenoxy) is 1. The lowest BCUT2D eigenvalue weighted by atomic mass is 10.3. The molecule has 1 amide bonds. The molecule has 1 aromatic carbocycles. The van der Waals surface area contributed by atoms with E-state index in [0.717, 1.165) is 5.69 Å². The summed E-state index contributed by atoms with van der Waals surface area (Å²) < 4.78 is 4.84. The maximum atomic E-state index is 11.6. The monoisotopic (exact) mass is 274 g/mol. The molecule has 1 atom stereocenters. The van der Waals surface area contributed by atoms with Gasteiger partial charge in [0.2, 0.25) is 0 Å². The molecule has 0 radical (unpaired) electrons. The third-order valence-corrected chi connectivity index (χ3v) is 2.56. The summed E-state index contributed by atoms with van der Waals surface area (Å²) >= 11 is 0. The first-order chi connectivity index (χ1) is 9.56. The minimum absolute atomic E-state index is 0.0650. The molecule has 0 aliphatic rings. The normalized spacial score (nSPS) is 11.8. The number of hydrogen-bond donors (Lipinski definition) is 1. The number of benzene rings is 1. The molecular weight excluding hydrogens is 260 g/mol. The van der Waals surface area contributed by atoms with Crippen molar-refractivity contribution in [2.24, 2.45) is 5.73 Å². The van der Waals surface area contributed by atoms with Crippen molar-refractivity contribution in [1.29, 1.82) is 0 Å². The summed E-state index contributed by atoms with van der Waals surface area (Å²) in [6, 6.07) is 9.30. The summed E-state index contributed by atoms with van der Waals surface area (Å²) in [6.45, 7) is 1.42. The molecule has 2 aromatic rings. The van der Waals surface area contributed by atoms with Crippen LogP contribution in [0.3, 0.4) is 0 Å². The molecule has 0 unspecified atom stereocenters. The maximum absolute atomic E-state index is 11.6. The zero-order valence-electron chi connectivity index (χ0n) is 10.9. The predicted octanol–water partition coefficient (Wildman–Crippen LogP) is 0.227. The highest BCUT2D eigenvalue weighted by Gasteiger charge is 2.16. The van der Waals surface area contributed by atoms with E-state index in [0.29, 0.717) is 5.69 Å². The van der Waals surface area contributed by atoms with Gasteiger partial charge in [0.05, 0.1) is 24.0 Å². The summed E-state index contributed by atoms with van der Waals surface area (Å²) in [6.07, 6.45) is 0.458. The van der Waals surface area contributed by atoms with E-state index in [4.69, 9.17) is 10.5 Å². The number of aromatic nitrogens is 3. The van der Waals surface area contributed by atoms with Crippen molar-refractivity contribution in [3.63, 3.8) is 0 Å². The molecular formula is C13H14N4O3. The largest absolute Gasteiger partial charge is 0.452 e. The van der Waals surface area contributed by atoms with Gasteiger partial charge in [0.1, 0.15) is 0 Å². The number of nitrogens with two attached hydrogens (primary N) is 1. The second kappa shape index (κ2) is 5.96. The van der Waals surface area contributed by atoms with Gasteiger partial charge in [0, 0.05) is 0 Å². The summed E-state index contributed by atoms with van der Waals surface area (Å²) in [4.78, 5) is 23.8. The Hall–Kier alpha value is -2.70. The van der Waals surface area contributed by atoms with Gasteiger partial charge >= 0.3 is 5.97 Å². The zero-order valence-corrected chi connectivity index (χ0v) is 10.9. The lowest BCUT2D eigenvalue weighted by Gasteiger charge is -2.08. The summed E-state index contributed by atoms with van der Waals surface area (Å²) in [5.74, 6) is -1.26. The summed E-state index contributed by atoms with van der Waals surface area (Å²) in [7, 11) is 0. The fraction of sp³-hybridized carbons (Fsp3) is 0.231. The van der Waals surface area contributed by atoms with Gasteiger partial charge in [-0.25, -0.2) is 0 Å². The van der Waals surface area contributed by atoms with E-state index in [2.05, 4.69) is 10.2 Å². The minimum Gasteiger partial charge on any atom is -0.452 e. The molecule has 0 fully saturated rings. The van der Waals surface area contributed by atoms with Gasteiger partial charge in [-0.1, -0.05) is 18.2 Å². The highest BCUT2D eigenvalue weighted by Crippen LogP contribution is 2.05. The van der Waals surface area contributed by atoms with Gasteiger partial charge in [-0.3, -0.25) is 9.59 Å². The molecule has 7 heteroatoms. The smallest absolute Gasteiger partial charge is 0.312 e. The molecule has 0 aliphatic carbocycles. The molecule has 2 N–H and O–H groups in total. The molecule has 0 aliphatic heterocycles. The van der Waals surface area contributed by atoms with E-state index in [1.807, 2.05) is 30.3 Å². The van der Waals surface area contributed by atoms with Crippen LogP contribution < -0.4 is 5.73 Å². The highest BCUT2D eigenvalue weighted by atomic mass is 16.5. The molecule has 7 nitrogen and oxygen atoms in total. The first-order valence-corrected chi connectivity index (χ1v) is 6.01. The Labute approximate surface area is 115 Å². The lowest BCUT2D eigenvalue weighted by molar-refractivity contribution is -0.153. The van der Waals surface area contributed by atoms with Gasteiger partial charge in [-0.05, 0) is 19.1 Å². The van der Waals surface area contributed by atoms with Crippen molar-refractivity contribution in [2.45, 2.75) is 19.4 Å². The quantitative estimate of drug-likeness (QED) is 0.786. The summed E-state index contributed by atoms with van der Waals surface area (Å²) in [5.41, 5.74) is 6.25. The molecule has 0 spiro atoms. The van der Waals surface area contributed by atoms with E-state index in [1.54, 1.807) is 0 Å². The number of esters is 1. The van der Waals surface area contributed by atoms with Crippen molar-refractivity contribution in [2.75, 3.05) is 0 Å². The standard InChI is InChI=1S/C13H14N4O3/c1-9(13(14)19)20-12(18)7-10-8-15-17(16-10)11-5-3-2-4-6-11/h2-6,8-9H,7H2,1H3,(H2,14,19)/t9-/m0/s1. The fourth-order valence-corrected chi connectivity index (χ4v) is 1.51. The van der Waals surface area contributed by atoms with Gasteiger partial charge < -0.3 is 10.5 Å². The third-order valence-electron chi connectivity index (χ3n) is 2.56. The third kappa shape index (κ3) is 3.41. The molecule has 0 saturated heterocycles. The Bertz CT molecular complexity index is 609. The number of amides is 1. The number of carbonyl (C=O) groups excluding carboxylic acids is 2. The van der Waals surface area contributed by atoms with Gasteiger partial charge in [0.25, 0.3) is 5.91 Å². The molecule has 104 valence electrons. The van der Waals surface area contributed by atoms with E-state index in [-0.39, 0.29) is 6.42 Å². The number of hydrogen-bond acceptors (Lipinski definition) is 5. The van der Waals surface area contributed by atoms with Crippen molar-refractivity contribution in [1.82, 2.24) is 15.0 Å². The average molecular weight is 274 g/mol. The number of primary amides is 1. The fourth-order valence-electron chi connectivity index (χ4n) is 1.51. The average Bonchev–Trinajstić information content (AvgIpc) is 2.88. The van der Waals surface area contributed by atoms with E-state index in [1.165, 1.54) is 17.9 Å². The molecule has 0 bridgehead atoms. The molecule has 0 saturated carbocycles. The Morgan fingerprint density at radius 2 is 2.05 bits per heavy atom. The van der Waals surface area contributed by atoms with Crippen LogP contribution in [0.2, 0.25) is 0 Å². The van der Waals surface area contributed by atoms with Crippen LogP contribution in [0.5, 0.6) is 0 Å². The zero-order chi connectivity index (χ0) is 14.5. The van der Waals surface area contributed by atoms with Crippen LogP contribution in [0.25, 0.3) is 5.69 Å². The highest BCUT2D eigenvalue weighted by molar-refractivity contribution is 5.82. The van der Waals surface area contributed by atoms with E-state index < -0.39 is 18.0 Å². The van der Waals surface area contributed by atoms with Crippen LogP contribution in [0.4, 0.5) is 0 Å². The van der Waals surface area contributed by atoms with E-state index in [9.17, 15) is 9.59 Å². The molecule has 20 heavy (non-hydrogen) atoms. The SMILES string of the molecule is C[C@H](OC(=O)Cc1cnn(-c2ccccc2)n1)C(N)=O. The van der Waals surface area contributed by atoms with Crippen LogP contribution in [-0.2, 0) is 20.7 Å². The first-order valence-electron chi connectivity index (χ1n) is 6.01. The van der Waals surface area contributed by atoms with Crippen molar-refractivity contribution in [3.05, 3.63) is 42.2 Å². The van der Waals surface area contributed by atoms with Gasteiger partial charge in [-0.2, -0.15) is 15.0 Å². The number of carbonyl (C=O) groups is 2. The van der Waals surface area contributed by atoms with Gasteiger partial charge in [-0.15, -0.1) is 0 Å². The van der Waals surface area contributed by atoms with Crippen LogP contribution in [-0.4, -0.2) is 33.0 Å². The van der Waals surface area contributed by atoms with Crippen molar-refractivity contribution in [3.8, 4) is 5.69 Å². The topological polar surface area (TPSA) is 100 Å². The van der Waals surface area contributed by atoms with Gasteiger partial charge in [0.15, 0.2) is 6.10 Å². The second-order valence-electron chi connectivity index (χ2n) is 4.17. The van der Waals surface area contributed by atoms with Crippen LogP contribution in [0.15, 0.2) is 36.5 Å². The number of nitrogens with zero attached hydrogens (tertiary/aromatic N) is 3. The van der Waals surface area contributed by atoms with Crippen LogP contribution in [0.1, 0.15) is 12.6 Å². The number of rotatable bonds is 5. The first kappa shape index (κ1) is 13.7. The van der Waals surface area contributed by atoms with Crippen molar-refractivity contribution < 1.29 is 14.3 Å². The summed E-state index contributed by atoms with van der Waals surface area (Å²) in [5, 5.41) is 8.22. The maximum Gasteiger partial charge on any atom is 0.312 e. The van der Waals surface area contributed by atoms with E-state index >= 15 is 0 Å². The molecule has 1 heterocycles. The predicted molar refractivity (Wildman–Crippen MR) is 69.8 cm³/mol. The van der Waals surface area contributed by atoms with Crippen LogP contribution >= 0.6 is 0 Å². The molecule has 2 rings (SSSR count). The lowest BCUT2D eigenvalue weighted by Crippen LogP contribution is -2.31. The Morgan fingerprint density at radius 1 is 1.35 bits per heavy atom. The Kier molecular flexibility index (Phi) is 4.09.